The van der Waals surface area contributed by atoms with Crippen molar-refractivity contribution in [1.82, 2.24) is 14.7 Å². The predicted octanol–water partition coefficient (Wildman–Crippen LogP) is 3.31. The second-order valence-corrected chi connectivity index (χ2v) is 6.67. The molecule has 1 aromatic rings. The van der Waals surface area contributed by atoms with Crippen LogP contribution >= 0.6 is 0 Å². The largest absolute Gasteiger partial charge is 0.508 e. The molecule has 1 N–H and O–H groups in total. The first-order valence-corrected chi connectivity index (χ1v) is 10.0. The monoisotopic (exact) mass is 349 g/mol. The zero-order valence-corrected chi connectivity index (χ0v) is 17.0. The van der Waals surface area contributed by atoms with E-state index in [9.17, 15) is 5.11 Å². The maximum Gasteiger partial charge on any atom is 0.115 e. The second-order valence-electron chi connectivity index (χ2n) is 6.67. The van der Waals surface area contributed by atoms with Gasteiger partial charge < -0.3 is 14.9 Å². The topological polar surface area (TPSA) is 30.0 Å². The highest BCUT2D eigenvalue weighted by atomic mass is 16.3. The number of benzene rings is 1. The van der Waals surface area contributed by atoms with Gasteiger partial charge in [0, 0.05) is 25.7 Å². The van der Waals surface area contributed by atoms with Gasteiger partial charge in [0.15, 0.2) is 0 Å². The summed E-state index contributed by atoms with van der Waals surface area (Å²) in [4.78, 5) is 7.64. The molecule has 0 aliphatic carbocycles. The minimum atomic E-state index is 0.345. The zero-order valence-electron chi connectivity index (χ0n) is 17.0. The molecule has 0 fully saturated rings. The Morgan fingerprint density at radius 2 is 1.28 bits per heavy atom. The first kappa shape index (κ1) is 21.9. The fourth-order valence-corrected chi connectivity index (χ4v) is 3.45. The second kappa shape index (κ2) is 12.3. The lowest BCUT2D eigenvalue weighted by molar-refractivity contribution is 0.139. The standard InChI is InChI=1S/C21H39N3O/c1-6-22(7-2)15-16-23(8-3)18-20(24(9-4)10-5)17-19-11-13-21(25)14-12-19/h11-14,20,25H,6-10,15-18H2,1-5H3. The molecule has 0 radical (unpaired) electrons. The van der Waals surface area contributed by atoms with Crippen molar-refractivity contribution < 1.29 is 5.11 Å². The first-order chi connectivity index (χ1) is 12.1. The molecule has 0 saturated carbocycles. The Labute approximate surface area is 155 Å². The third kappa shape index (κ3) is 7.76. The lowest BCUT2D eigenvalue weighted by Gasteiger charge is -2.35. The highest BCUT2D eigenvalue weighted by Gasteiger charge is 2.19. The van der Waals surface area contributed by atoms with E-state index in [1.54, 1.807) is 12.1 Å². The van der Waals surface area contributed by atoms with Crippen molar-refractivity contribution in [3.8, 4) is 5.75 Å². The number of hydrogen-bond donors (Lipinski definition) is 1. The number of rotatable bonds is 13. The molecule has 144 valence electrons. The molecule has 0 spiro atoms. The molecule has 0 heterocycles. The van der Waals surface area contributed by atoms with Crippen molar-refractivity contribution in [3.05, 3.63) is 29.8 Å². The van der Waals surface area contributed by atoms with Crippen LogP contribution < -0.4 is 0 Å². The van der Waals surface area contributed by atoms with Gasteiger partial charge >= 0.3 is 0 Å². The van der Waals surface area contributed by atoms with Gasteiger partial charge in [0.2, 0.25) is 0 Å². The highest BCUT2D eigenvalue weighted by molar-refractivity contribution is 5.26. The quantitative estimate of drug-likeness (QED) is 0.592. The number of phenols is 1. The summed E-state index contributed by atoms with van der Waals surface area (Å²) < 4.78 is 0. The number of nitrogens with zero attached hydrogens (tertiary/aromatic N) is 3. The van der Waals surface area contributed by atoms with Crippen molar-refractivity contribution in [2.45, 2.75) is 47.1 Å². The van der Waals surface area contributed by atoms with Gasteiger partial charge in [-0.2, -0.15) is 0 Å². The molecule has 4 nitrogen and oxygen atoms in total. The molecule has 1 atom stereocenters. The molecule has 0 aliphatic rings. The van der Waals surface area contributed by atoms with Gasteiger partial charge in [-0.1, -0.05) is 46.8 Å². The molecule has 0 bridgehead atoms. The van der Waals surface area contributed by atoms with Crippen LogP contribution in [0.2, 0.25) is 0 Å². The van der Waals surface area contributed by atoms with Crippen LogP contribution in [0.1, 0.15) is 40.2 Å². The van der Waals surface area contributed by atoms with Gasteiger partial charge in [-0.05, 0) is 56.8 Å². The Balaban J connectivity index is 2.74. The lowest BCUT2D eigenvalue weighted by Crippen LogP contribution is -2.47. The van der Waals surface area contributed by atoms with Crippen molar-refractivity contribution in [2.75, 3.05) is 52.4 Å². The minimum Gasteiger partial charge on any atom is -0.508 e. The van der Waals surface area contributed by atoms with E-state index in [0.717, 1.165) is 58.8 Å². The Kier molecular flexibility index (Phi) is 10.8. The van der Waals surface area contributed by atoms with E-state index in [1.807, 2.05) is 0 Å². The van der Waals surface area contributed by atoms with E-state index in [0.29, 0.717) is 11.8 Å². The van der Waals surface area contributed by atoms with Crippen LogP contribution in [0.15, 0.2) is 24.3 Å². The van der Waals surface area contributed by atoms with Crippen molar-refractivity contribution in [3.63, 3.8) is 0 Å². The van der Waals surface area contributed by atoms with Crippen LogP contribution in [0.4, 0.5) is 0 Å². The zero-order chi connectivity index (χ0) is 18.7. The van der Waals surface area contributed by atoms with Crippen LogP contribution in [-0.2, 0) is 6.42 Å². The summed E-state index contributed by atoms with van der Waals surface area (Å²) in [6.07, 6.45) is 1.03. The summed E-state index contributed by atoms with van der Waals surface area (Å²) in [5.41, 5.74) is 1.30. The Hall–Kier alpha value is -1.10. The molecule has 0 aliphatic heterocycles. The van der Waals surface area contributed by atoms with Crippen molar-refractivity contribution in [2.24, 2.45) is 0 Å². The Morgan fingerprint density at radius 3 is 1.76 bits per heavy atom. The fourth-order valence-electron chi connectivity index (χ4n) is 3.45. The summed E-state index contributed by atoms with van der Waals surface area (Å²) in [5, 5.41) is 9.52. The average molecular weight is 350 g/mol. The van der Waals surface area contributed by atoms with E-state index >= 15 is 0 Å². The number of phenolic OH excluding ortho intramolecular Hbond substituents is 1. The minimum absolute atomic E-state index is 0.345. The van der Waals surface area contributed by atoms with Crippen molar-refractivity contribution >= 4 is 0 Å². The lowest BCUT2D eigenvalue weighted by atomic mass is 10.0. The van der Waals surface area contributed by atoms with E-state index < -0.39 is 0 Å². The molecule has 1 rings (SSSR count). The van der Waals surface area contributed by atoms with Crippen molar-refractivity contribution in [1.29, 1.82) is 0 Å². The summed E-state index contributed by atoms with van der Waals surface area (Å²) in [6.45, 7) is 20.1. The summed E-state index contributed by atoms with van der Waals surface area (Å²) in [7, 11) is 0. The number of hydrogen-bond acceptors (Lipinski definition) is 4. The third-order valence-corrected chi connectivity index (χ3v) is 5.28. The Bertz CT molecular complexity index is 441. The van der Waals surface area contributed by atoms with Crippen LogP contribution in [0.5, 0.6) is 5.75 Å². The summed E-state index contributed by atoms with van der Waals surface area (Å²) in [6, 6.07) is 8.21. The molecule has 25 heavy (non-hydrogen) atoms. The summed E-state index contributed by atoms with van der Waals surface area (Å²) >= 11 is 0. The van der Waals surface area contributed by atoms with E-state index in [2.05, 4.69) is 61.5 Å². The van der Waals surface area contributed by atoms with Crippen LogP contribution in [0.3, 0.4) is 0 Å². The average Bonchev–Trinajstić information content (AvgIpc) is 2.64. The van der Waals surface area contributed by atoms with E-state index in [1.165, 1.54) is 5.56 Å². The predicted molar refractivity (Wildman–Crippen MR) is 108 cm³/mol. The third-order valence-electron chi connectivity index (χ3n) is 5.28. The maximum absolute atomic E-state index is 9.52. The van der Waals surface area contributed by atoms with Gasteiger partial charge in [-0.3, -0.25) is 4.90 Å². The number of likely N-dealkylation sites (N-methyl/N-ethyl adjacent to an activating group) is 3. The van der Waals surface area contributed by atoms with E-state index in [4.69, 9.17) is 0 Å². The summed E-state index contributed by atoms with van der Waals surface area (Å²) in [5.74, 6) is 0.345. The van der Waals surface area contributed by atoms with Gasteiger partial charge in [0.05, 0.1) is 0 Å². The molecule has 0 amide bonds. The highest BCUT2D eigenvalue weighted by Crippen LogP contribution is 2.15. The molecular weight excluding hydrogens is 310 g/mol. The normalized spacial score (nSPS) is 13.1. The molecule has 1 unspecified atom stereocenters. The first-order valence-electron chi connectivity index (χ1n) is 10.0. The Morgan fingerprint density at radius 1 is 0.760 bits per heavy atom. The number of aromatic hydroxyl groups is 1. The van der Waals surface area contributed by atoms with Crippen LogP contribution in [0.25, 0.3) is 0 Å². The smallest absolute Gasteiger partial charge is 0.115 e. The van der Waals surface area contributed by atoms with Gasteiger partial charge in [-0.25, -0.2) is 0 Å². The molecule has 1 aromatic carbocycles. The SMILES string of the molecule is CCN(CC)CCN(CC)CC(Cc1ccc(O)cc1)N(CC)CC. The molecular formula is C21H39N3O. The fraction of sp³-hybridized carbons (Fsp3) is 0.714. The molecule has 0 aromatic heterocycles. The molecule has 4 heteroatoms. The van der Waals surface area contributed by atoms with E-state index in [-0.39, 0.29) is 0 Å². The maximum atomic E-state index is 9.52. The van der Waals surface area contributed by atoms with Crippen LogP contribution in [-0.4, -0.2) is 78.2 Å². The molecule has 0 saturated heterocycles. The van der Waals surface area contributed by atoms with Gasteiger partial charge in [0.1, 0.15) is 5.75 Å². The van der Waals surface area contributed by atoms with Gasteiger partial charge in [0.25, 0.3) is 0 Å². The van der Waals surface area contributed by atoms with Crippen LogP contribution in [0, 0.1) is 0 Å². The van der Waals surface area contributed by atoms with Gasteiger partial charge in [-0.15, -0.1) is 0 Å².